The van der Waals surface area contributed by atoms with Gasteiger partial charge in [0.05, 0.1) is 17.5 Å². The number of halogens is 3. The maximum Gasteiger partial charge on any atom is 0.422 e. The van der Waals surface area contributed by atoms with Crippen LogP contribution in [0.2, 0.25) is 0 Å². The van der Waals surface area contributed by atoms with Gasteiger partial charge in [0.25, 0.3) is 11.6 Å². The molecule has 1 saturated heterocycles. The number of nitrogens with zero attached hydrogens (tertiary/aromatic N) is 3. The van der Waals surface area contributed by atoms with Crippen molar-refractivity contribution < 1.29 is 47.0 Å². The average molecular weight is 801 g/mol. The van der Waals surface area contributed by atoms with Gasteiger partial charge in [-0.05, 0) is 67.5 Å². The summed E-state index contributed by atoms with van der Waals surface area (Å²) in [5.74, 6) is -0.370. The van der Waals surface area contributed by atoms with Crippen LogP contribution >= 0.6 is 0 Å². The number of benzene rings is 4. The number of aliphatic hydroxyl groups is 1. The van der Waals surface area contributed by atoms with Crippen molar-refractivity contribution in [2.24, 2.45) is 0 Å². The lowest BCUT2D eigenvalue weighted by atomic mass is 9.76. The largest absolute Gasteiger partial charge is 0.493 e. The molecule has 5 aromatic rings. The fourth-order valence-electron chi connectivity index (χ4n) is 7.62. The third kappa shape index (κ3) is 8.36. The van der Waals surface area contributed by atoms with E-state index in [1.807, 2.05) is 30.3 Å². The summed E-state index contributed by atoms with van der Waals surface area (Å²) in [6.07, 6.45) is -1.94. The van der Waals surface area contributed by atoms with E-state index in [2.05, 4.69) is 5.32 Å². The van der Waals surface area contributed by atoms with Crippen LogP contribution in [-0.2, 0) is 28.3 Å². The predicted octanol–water partition coefficient (Wildman–Crippen LogP) is 7.30. The first-order chi connectivity index (χ1) is 27.8. The molecule has 7 rings (SSSR count). The molecule has 2 aliphatic rings. The van der Waals surface area contributed by atoms with Crippen LogP contribution < -0.4 is 14.8 Å². The first kappa shape index (κ1) is 40.3. The molecular weight excluding hydrogens is 757 g/mol. The third-order valence-corrected chi connectivity index (χ3v) is 11.1. The lowest BCUT2D eigenvalue weighted by Gasteiger charge is -2.39. The summed E-state index contributed by atoms with van der Waals surface area (Å²) in [4.78, 5) is 39.0. The van der Waals surface area contributed by atoms with Crippen LogP contribution in [0.4, 0.5) is 18.9 Å². The van der Waals surface area contributed by atoms with Gasteiger partial charge in [0.15, 0.2) is 11.5 Å². The zero-order valence-electron chi connectivity index (χ0n) is 31.7. The van der Waals surface area contributed by atoms with E-state index in [9.17, 15) is 24.8 Å². The topological polar surface area (TPSA) is 145 Å². The van der Waals surface area contributed by atoms with E-state index in [1.54, 1.807) is 42.5 Å². The van der Waals surface area contributed by atoms with Gasteiger partial charge in [-0.15, -0.1) is 0 Å². The number of fused-ring (bicyclic) bond motifs is 1. The van der Waals surface area contributed by atoms with Gasteiger partial charge in [-0.25, -0.2) is 4.79 Å². The maximum atomic E-state index is 15.0. The van der Waals surface area contributed by atoms with Crippen LogP contribution in [0.5, 0.6) is 11.5 Å². The van der Waals surface area contributed by atoms with Crippen LogP contribution in [0.25, 0.3) is 10.9 Å². The van der Waals surface area contributed by atoms with Crippen LogP contribution in [0.1, 0.15) is 59.2 Å². The van der Waals surface area contributed by atoms with Crippen LogP contribution in [0, 0.1) is 10.1 Å². The Morgan fingerprint density at radius 1 is 0.931 bits per heavy atom. The molecule has 0 bridgehead atoms. The van der Waals surface area contributed by atoms with E-state index >= 15 is 13.2 Å². The SMILES string of the molecule is COc1cc(C(=O)NC2(C(=O)OCc3ccccc3)CCC2)ccc1OC1CCN(CC(O)(c2cn(Cc3ccccc3)c3cc([N+](=O)[O-])ccc23)C(F)(F)F)CC1. The number of nitrogens with one attached hydrogen (secondary N) is 1. The van der Waals surface area contributed by atoms with Crippen molar-refractivity contribution in [3.05, 3.63) is 136 Å². The second kappa shape index (κ2) is 16.5. The van der Waals surface area contributed by atoms with E-state index in [4.69, 9.17) is 14.2 Å². The molecule has 1 amide bonds. The number of hydrogen-bond donors (Lipinski definition) is 2. The summed E-state index contributed by atoms with van der Waals surface area (Å²) >= 11 is 0. The van der Waals surface area contributed by atoms with Gasteiger partial charge in [0.2, 0.25) is 5.60 Å². The molecule has 1 aromatic heterocycles. The monoisotopic (exact) mass is 800 g/mol. The van der Waals surface area contributed by atoms with Gasteiger partial charge in [0.1, 0.15) is 18.2 Å². The zero-order valence-corrected chi connectivity index (χ0v) is 31.7. The smallest absolute Gasteiger partial charge is 0.422 e. The van der Waals surface area contributed by atoms with Crippen molar-refractivity contribution in [2.45, 2.75) is 68.7 Å². The quantitative estimate of drug-likeness (QED) is 0.0672. The molecule has 1 atom stereocenters. The van der Waals surface area contributed by atoms with Gasteiger partial charge in [-0.2, -0.15) is 13.2 Å². The number of amides is 1. The minimum atomic E-state index is -5.09. The number of β-amino-alcohol motifs (C(OH)–C–C–N with tert-alkyl or cyclic N) is 1. The fraction of sp³-hybridized carbons (Fsp3) is 0.349. The Bertz CT molecular complexity index is 2270. The number of nitro groups is 1. The summed E-state index contributed by atoms with van der Waals surface area (Å²) in [5.41, 5.74) is -3.05. The lowest BCUT2D eigenvalue weighted by Crippen LogP contribution is -2.59. The van der Waals surface area contributed by atoms with Crippen molar-refractivity contribution in [3.8, 4) is 11.5 Å². The Morgan fingerprint density at radius 2 is 1.60 bits per heavy atom. The van der Waals surface area contributed by atoms with Gasteiger partial charge in [0, 0.05) is 61.0 Å². The summed E-state index contributed by atoms with van der Waals surface area (Å²) in [6, 6.07) is 26.5. The zero-order chi connectivity index (χ0) is 41.1. The minimum absolute atomic E-state index is 0.0645. The summed E-state index contributed by atoms with van der Waals surface area (Å²) in [6.45, 7) is -0.201. The number of rotatable bonds is 14. The van der Waals surface area contributed by atoms with Crippen molar-refractivity contribution in [1.29, 1.82) is 0 Å². The molecule has 0 radical (unpaired) electrons. The Balaban J connectivity index is 1.01. The van der Waals surface area contributed by atoms with Gasteiger partial charge < -0.3 is 29.2 Å². The highest BCUT2D eigenvalue weighted by Crippen LogP contribution is 2.44. The second-order valence-corrected chi connectivity index (χ2v) is 14.9. The fourth-order valence-corrected chi connectivity index (χ4v) is 7.62. The number of methoxy groups -OCH3 is 1. The third-order valence-electron chi connectivity index (χ3n) is 11.1. The van der Waals surface area contributed by atoms with Crippen LogP contribution in [0.15, 0.2) is 103 Å². The highest BCUT2D eigenvalue weighted by atomic mass is 19.4. The number of carbonyl (C=O) groups is 2. The molecule has 12 nitrogen and oxygen atoms in total. The van der Waals surface area contributed by atoms with Crippen LogP contribution in [0.3, 0.4) is 0 Å². The number of alkyl halides is 3. The van der Waals surface area contributed by atoms with E-state index in [0.717, 1.165) is 23.6 Å². The van der Waals surface area contributed by atoms with Crippen LogP contribution in [-0.4, -0.2) is 75.9 Å². The van der Waals surface area contributed by atoms with Gasteiger partial charge in [-0.3, -0.25) is 19.8 Å². The molecule has 0 spiro atoms. The molecule has 2 heterocycles. The Labute approximate surface area is 332 Å². The second-order valence-electron chi connectivity index (χ2n) is 14.9. The van der Waals surface area contributed by atoms with E-state index < -0.39 is 46.8 Å². The first-order valence-corrected chi connectivity index (χ1v) is 19.0. The molecule has 2 fully saturated rings. The molecule has 1 aliphatic carbocycles. The first-order valence-electron chi connectivity index (χ1n) is 19.0. The number of piperidine rings is 1. The molecular formula is C43H43F3N4O8. The highest BCUT2D eigenvalue weighted by Gasteiger charge is 2.57. The van der Waals surface area contributed by atoms with Crippen molar-refractivity contribution in [2.75, 3.05) is 26.7 Å². The number of ether oxygens (including phenoxy) is 3. The average Bonchev–Trinajstić information content (AvgIpc) is 3.57. The summed E-state index contributed by atoms with van der Waals surface area (Å²) < 4.78 is 63.9. The van der Waals surface area contributed by atoms with E-state index in [0.29, 0.717) is 31.4 Å². The van der Waals surface area contributed by atoms with E-state index in [-0.39, 0.29) is 59.7 Å². The Morgan fingerprint density at radius 3 is 2.21 bits per heavy atom. The Hall–Kier alpha value is -5.93. The normalized spacial score (nSPS) is 16.8. The highest BCUT2D eigenvalue weighted by molar-refractivity contribution is 5.99. The lowest BCUT2D eigenvalue weighted by molar-refractivity contribution is -0.384. The molecule has 1 saturated carbocycles. The molecule has 1 unspecified atom stereocenters. The van der Waals surface area contributed by atoms with E-state index in [1.165, 1.54) is 41.0 Å². The predicted molar refractivity (Wildman–Crippen MR) is 207 cm³/mol. The van der Waals surface area contributed by atoms with Crippen molar-refractivity contribution in [3.63, 3.8) is 0 Å². The summed E-state index contributed by atoms with van der Waals surface area (Å²) in [5, 5.41) is 26.2. The van der Waals surface area contributed by atoms with Crippen molar-refractivity contribution >= 4 is 28.5 Å². The molecule has 304 valence electrons. The summed E-state index contributed by atoms with van der Waals surface area (Å²) in [7, 11) is 1.42. The number of esters is 1. The van der Waals surface area contributed by atoms with Gasteiger partial charge in [-0.1, -0.05) is 60.7 Å². The molecule has 4 aromatic carbocycles. The Kier molecular flexibility index (Phi) is 11.5. The molecule has 2 N–H and O–H groups in total. The number of aromatic nitrogens is 1. The molecule has 15 heteroatoms. The molecule has 1 aliphatic heterocycles. The number of nitro benzene ring substituents is 1. The number of carbonyl (C=O) groups excluding carboxylic acids is 2. The maximum absolute atomic E-state index is 15.0. The standard InChI is InChI=1S/C43H43F3N4O8/c1-56-38-23-31(39(51)47-41(19-8-20-41)40(52)57-27-30-11-6-3-7-12-30)13-16-37(38)58-33-17-21-48(22-18-33)28-42(53,43(44,45)46)35-26-49(25-29-9-4-2-5-10-29)36-24-32(50(54)55)14-15-34(35)36/h2-7,9-16,23-24,26,33,53H,8,17-22,25,27-28H2,1H3,(H,47,51). The number of likely N-dealkylation sites (tertiary alicyclic amines) is 1. The van der Waals surface area contributed by atoms with Crippen molar-refractivity contribution in [1.82, 2.24) is 14.8 Å². The number of hydrogen-bond acceptors (Lipinski definition) is 9. The minimum Gasteiger partial charge on any atom is -0.493 e. The molecule has 58 heavy (non-hydrogen) atoms. The number of non-ortho nitro benzene ring substituents is 1. The van der Waals surface area contributed by atoms with Gasteiger partial charge >= 0.3 is 12.1 Å².